The standard InChI is InChI=1S/C21H26FN5O/c1-13-17(9-23-21(24-13)25(2)3)20(28)27-11-15-10-26(4)19(18(15)12-27)14-6-5-7-16(22)8-14/h5-9,15,18-19H,10-12H2,1-4H3/t15-,18+,19-/m0/s1. The molecule has 6 nitrogen and oxygen atoms in total. The van der Waals surface area contributed by atoms with E-state index in [0.717, 1.165) is 12.1 Å². The van der Waals surface area contributed by atoms with Crippen molar-refractivity contribution in [1.82, 2.24) is 19.8 Å². The number of carbonyl (C=O) groups is 1. The average Bonchev–Trinajstić information content (AvgIpc) is 3.17. The molecule has 2 aliphatic rings. The second kappa shape index (κ2) is 7.13. The first-order valence-electron chi connectivity index (χ1n) is 9.61. The summed E-state index contributed by atoms with van der Waals surface area (Å²) in [6.45, 7) is 4.14. The van der Waals surface area contributed by atoms with E-state index in [9.17, 15) is 9.18 Å². The zero-order valence-electron chi connectivity index (χ0n) is 16.8. The summed E-state index contributed by atoms with van der Waals surface area (Å²) >= 11 is 0. The topological polar surface area (TPSA) is 52.6 Å². The van der Waals surface area contributed by atoms with Gasteiger partial charge in [-0.3, -0.25) is 9.69 Å². The third-order valence-electron chi connectivity index (χ3n) is 5.97. The Morgan fingerprint density at radius 2 is 2.04 bits per heavy atom. The van der Waals surface area contributed by atoms with Crippen LogP contribution in [-0.2, 0) is 0 Å². The molecule has 1 amide bonds. The zero-order chi connectivity index (χ0) is 20.0. The highest BCUT2D eigenvalue weighted by atomic mass is 19.1. The van der Waals surface area contributed by atoms with Crippen molar-refractivity contribution in [1.29, 1.82) is 0 Å². The molecule has 2 saturated heterocycles. The summed E-state index contributed by atoms with van der Waals surface area (Å²) < 4.78 is 13.8. The van der Waals surface area contributed by atoms with E-state index < -0.39 is 0 Å². The summed E-state index contributed by atoms with van der Waals surface area (Å²) in [5.41, 5.74) is 2.24. The Bertz CT molecular complexity index is 902. The van der Waals surface area contributed by atoms with Gasteiger partial charge in [0.05, 0.1) is 11.3 Å². The van der Waals surface area contributed by atoms with E-state index in [-0.39, 0.29) is 17.8 Å². The normalized spacial score (nSPS) is 24.5. The largest absolute Gasteiger partial charge is 0.347 e. The lowest BCUT2D eigenvalue weighted by Crippen LogP contribution is -2.34. The summed E-state index contributed by atoms with van der Waals surface area (Å²) in [6.07, 6.45) is 1.63. The van der Waals surface area contributed by atoms with Crippen LogP contribution in [0.3, 0.4) is 0 Å². The smallest absolute Gasteiger partial charge is 0.257 e. The van der Waals surface area contributed by atoms with Gasteiger partial charge in [-0.15, -0.1) is 0 Å². The molecule has 0 spiro atoms. The van der Waals surface area contributed by atoms with Crippen LogP contribution in [-0.4, -0.2) is 66.5 Å². The first-order valence-corrected chi connectivity index (χ1v) is 9.61. The molecule has 0 radical (unpaired) electrons. The molecule has 2 aliphatic heterocycles. The van der Waals surface area contributed by atoms with Gasteiger partial charge in [0.2, 0.25) is 5.95 Å². The quantitative estimate of drug-likeness (QED) is 0.815. The van der Waals surface area contributed by atoms with Crippen LogP contribution in [0, 0.1) is 24.6 Å². The maximum absolute atomic E-state index is 13.8. The summed E-state index contributed by atoms with van der Waals surface area (Å²) in [7, 11) is 5.83. The van der Waals surface area contributed by atoms with Crippen LogP contribution < -0.4 is 4.90 Å². The molecule has 0 unspecified atom stereocenters. The lowest BCUT2D eigenvalue weighted by Gasteiger charge is -2.27. The SMILES string of the molecule is Cc1nc(N(C)C)ncc1C(=O)N1C[C@@H]2CN(C)[C@@H](c3cccc(F)c3)[C@@H]2C1. The van der Waals surface area contributed by atoms with Crippen LogP contribution in [0.25, 0.3) is 0 Å². The molecule has 1 aromatic heterocycles. The number of likely N-dealkylation sites (tertiary alicyclic amines) is 2. The van der Waals surface area contributed by atoms with Crippen molar-refractivity contribution in [2.24, 2.45) is 11.8 Å². The monoisotopic (exact) mass is 383 g/mol. The Balaban J connectivity index is 1.55. The first kappa shape index (κ1) is 18.8. The van der Waals surface area contributed by atoms with E-state index in [2.05, 4.69) is 21.9 Å². The molecule has 28 heavy (non-hydrogen) atoms. The van der Waals surface area contributed by atoms with Gasteiger partial charge in [0.1, 0.15) is 5.82 Å². The number of halogens is 1. The number of hydrogen-bond acceptors (Lipinski definition) is 5. The lowest BCUT2D eigenvalue weighted by atomic mass is 9.89. The fourth-order valence-electron chi connectivity index (χ4n) is 4.67. The van der Waals surface area contributed by atoms with E-state index in [0.29, 0.717) is 42.1 Å². The number of aromatic nitrogens is 2. The highest BCUT2D eigenvalue weighted by molar-refractivity contribution is 5.95. The fraction of sp³-hybridized carbons (Fsp3) is 0.476. The van der Waals surface area contributed by atoms with Crippen LogP contribution >= 0.6 is 0 Å². The van der Waals surface area contributed by atoms with Gasteiger partial charge in [-0.05, 0) is 37.6 Å². The number of amides is 1. The van der Waals surface area contributed by atoms with E-state index in [1.165, 1.54) is 6.07 Å². The minimum atomic E-state index is -0.214. The van der Waals surface area contributed by atoms with E-state index in [4.69, 9.17) is 0 Å². The van der Waals surface area contributed by atoms with Crippen molar-refractivity contribution in [3.8, 4) is 0 Å². The summed E-state index contributed by atoms with van der Waals surface area (Å²) in [5.74, 6) is 1.06. The number of nitrogens with zero attached hydrogens (tertiary/aromatic N) is 5. The number of carbonyl (C=O) groups excluding carboxylic acids is 1. The van der Waals surface area contributed by atoms with Crippen LogP contribution in [0.5, 0.6) is 0 Å². The van der Waals surface area contributed by atoms with Gasteiger partial charge in [0.25, 0.3) is 5.91 Å². The predicted molar refractivity (Wildman–Crippen MR) is 106 cm³/mol. The van der Waals surface area contributed by atoms with E-state index in [1.54, 1.807) is 18.3 Å². The van der Waals surface area contributed by atoms with Gasteiger partial charge in [-0.25, -0.2) is 14.4 Å². The summed E-state index contributed by atoms with van der Waals surface area (Å²) in [6, 6.07) is 6.96. The lowest BCUT2D eigenvalue weighted by molar-refractivity contribution is 0.0766. The van der Waals surface area contributed by atoms with Crippen LogP contribution in [0.1, 0.15) is 27.7 Å². The third kappa shape index (κ3) is 3.24. The molecule has 3 heterocycles. The molecule has 0 bridgehead atoms. The van der Waals surface area contributed by atoms with Crippen molar-refractivity contribution in [3.63, 3.8) is 0 Å². The maximum atomic E-state index is 13.8. The maximum Gasteiger partial charge on any atom is 0.257 e. The third-order valence-corrected chi connectivity index (χ3v) is 5.97. The van der Waals surface area contributed by atoms with E-state index in [1.807, 2.05) is 36.9 Å². The number of aryl methyl sites for hydroxylation is 1. The molecular weight excluding hydrogens is 357 g/mol. The number of benzene rings is 1. The van der Waals surface area contributed by atoms with Crippen LogP contribution in [0.15, 0.2) is 30.5 Å². The second-order valence-corrected chi connectivity index (χ2v) is 8.14. The molecule has 0 aliphatic carbocycles. The molecule has 4 rings (SSSR count). The van der Waals surface area contributed by atoms with Gasteiger partial charge in [-0.1, -0.05) is 12.1 Å². The van der Waals surface area contributed by atoms with Gasteiger partial charge in [0.15, 0.2) is 0 Å². The second-order valence-electron chi connectivity index (χ2n) is 8.14. The highest BCUT2D eigenvalue weighted by Crippen LogP contribution is 2.44. The molecule has 148 valence electrons. The predicted octanol–water partition coefficient (Wildman–Crippen LogP) is 2.37. The average molecular weight is 383 g/mol. The molecular formula is C21H26FN5O. The Hall–Kier alpha value is -2.54. The number of anilines is 1. The van der Waals surface area contributed by atoms with Crippen molar-refractivity contribution < 1.29 is 9.18 Å². The zero-order valence-corrected chi connectivity index (χ0v) is 16.8. The van der Waals surface area contributed by atoms with Crippen molar-refractivity contribution in [2.75, 3.05) is 45.7 Å². The highest BCUT2D eigenvalue weighted by Gasteiger charge is 2.47. The van der Waals surface area contributed by atoms with Gasteiger partial charge in [-0.2, -0.15) is 0 Å². The Morgan fingerprint density at radius 1 is 1.25 bits per heavy atom. The molecule has 1 aromatic carbocycles. The van der Waals surface area contributed by atoms with Crippen LogP contribution in [0.4, 0.5) is 10.3 Å². The van der Waals surface area contributed by atoms with E-state index >= 15 is 0 Å². The first-order chi connectivity index (χ1) is 13.3. The van der Waals surface area contributed by atoms with Gasteiger partial charge >= 0.3 is 0 Å². The number of hydrogen-bond donors (Lipinski definition) is 0. The summed E-state index contributed by atoms with van der Waals surface area (Å²) in [5, 5.41) is 0. The Kier molecular flexibility index (Phi) is 4.79. The van der Waals surface area contributed by atoms with Gasteiger partial charge < -0.3 is 9.80 Å². The van der Waals surface area contributed by atoms with Crippen molar-refractivity contribution in [3.05, 3.63) is 53.1 Å². The fourth-order valence-corrected chi connectivity index (χ4v) is 4.67. The summed E-state index contributed by atoms with van der Waals surface area (Å²) in [4.78, 5) is 27.9. The van der Waals surface area contributed by atoms with Crippen molar-refractivity contribution >= 4 is 11.9 Å². The number of rotatable bonds is 3. The Morgan fingerprint density at radius 3 is 2.71 bits per heavy atom. The minimum absolute atomic E-state index is 0.0159. The van der Waals surface area contributed by atoms with Gasteiger partial charge in [0, 0.05) is 51.9 Å². The van der Waals surface area contributed by atoms with Crippen LogP contribution in [0.2, 0.25) is 0 Å². The molecule has 0 N–H and O–H groups in total. The Labute approximate surface area is 165 Å². The molecule has 3 atom stereocenters. The minimum Gasteiger partial charge on any atom is -0.347 e. The van der Waals surface area contributed by atoms with Crippen molar-refractivity contribution in [2.45, 2.75) is 13.0 Å². The molecule has 2 aromatic rings. The molecule has 7 heteroatoms. The molecule has 0 saturated carbocycles. The number of fused-ring (bicyclic) bond motifs is 1. The molecule has 2 fully saturated rings.